The molecule has 1 rings (SSSR count). The molecule has 0 aromatic carbocycles. The van der Waals surface area contributed by atoms with Crippen LogP contribution < -0.4 is 10.2 Å². The second-order valence-electron chi connectivity index (χ2n) is 4.74. The van der Waals surface area contributed by atoms with Gasteiger partial charge in [-0.05, 0) is 12.8 Å². The number of aromatic nitrogens is 2. The third-order valence-corrected chi connectivity index (χ3v) is 2.56. The number of rotatable bonds is 7. The molecule has 0 aliphatic carbocycles. The first-order chi connectivity index (χ1) is 8.56. The van der Waals surface area contributed by atoms with E-state index in [1.165, 1.54) is 0 Å². The second-order valence-corrected chi connectivity index (χ2v) is 4.74. The lowest BCUT2D eigenvalue weighted by atomic mass is 10.2. The van der Waals surface area contributed by atoms with Gasteiger partial charge in [0.05, 0.1) is 6.61 Å². The van der Waals surface area contributed by atoms with Crippen molar-refractivity contribution in [2.75, 3.05) is 44.1 Å². The minimum atomic E-state index is 0.579. The smallest absolute Gasteiger partial charge is 0.134 e. The quantitative estimate of drug-likeness (QED) is 0.803. The Hall–Kier alpha value is -1.36. The maximum absolute atomic E-state index is 5.16. The zero-order valence-electron chi connectivity index (χ0n) is 12.0. The van der Waals surface area contributed by atoms with Gasteiger partial charge >= 0.3 is 0 Å². The number of hydrogen-bond donors (Lipinski definition) is 1. The summed E-state index contributed by atoms with van der Waals surface area (Å²) >= 11 is 0. The zero-order chi connectivity index (χ0) is 13.5. The van der Waals surface area contributed by atoms with Crippen LogP contribution in [-0.4, -0.2) is 43.8 Å². The van der Waals surface area contributed by atoms with Crippen molar-refractivity contribution in [3.63, 3.8) is 0 Å². The van der Waals surface area contributed by atoms with Crippen LogP contribution in [0.2, 0.25) is 0 Å². The second kappa shape index (κ2) is 7.16. The van der Waals surface area contributed by atoms with E-state index in [0.29, 0.717) is 12.5 Å². The summed E-state index contributed by atoms with van der Waals surface area (Å²) in [5, 5.41) is 3.06. The average molecular weight is 252 g/mol. The SMILES string of the molecule is CNc1cc(N(CCOC)CC(C)C)nc(C)n1. The maximum atomic E-state index is 5.16. The van der Waals surface area contributed by atoms with Crippen molar-refractivity contribution >= 4 is 11.6 Å². The molecule has 18 heavy (non-hydrogen) atoms. The summed E-state index contributed by atoms with van der Waals surface area (Å²) < 4.78 is 5.16. The highest BCUT2D eigenvalue weighted by atomic mass is 16.5. The standard InChI is InChI=1S/C13H24N4O/c1-10(2)9-17(6-7-18-5)13-8-12(14-4)15-11(3)16-13/h8,10H,6-7,9H2,1-5H3,(H,14,15,16). The summed E-state index contributed by atoms with van der Waals surface area (Å²) in [6.45, 7) is 8.82. The Kier molecular flexibility index (Phi) is 5.85. The van der Waals surface area contributed by atoms with Gasteiger partial charge in [0.25, 0.3) is 0 Å². The molecule has 0 aliphatic heterocycles. The molecule has 0 aliphatic rings. The summed E-state index contributed by atoms with van der Waals surface area (Å²) in [4.78, 5) is 11.1. The van der Waals surface area contributed by atoms with Crippen LogP contribution in [0.5, 0.6) is 0 Å². The van der Waals surface area contributed by atoms with Crippen LogP contribution in [0, 0.1) is 12.8 Å². The number of hydrogen-bond acceptors (Lipinski definition) is 5. The van der Waals surface area contributed by atoms with Crippen LogP contribution in [0.25, 0.3) is 0 Å². The fourth-order valence-corrected chi connectivity index (χ4v) is 1.78. The van der Waals surface area contributed by atoms with Gasteiger partial charge in [0.15, 0.2) is 0 Å². The molecule has 0 bridgehead atoms. The molecule has 0 amide bonds. The number of nitrogens with one attached hydrogen (secondary N) is 1. The van der Waals surface area contributed by atoms with Crippen molar-refractivity contribution in [2.45, 2.75) is 20.8 Å². The first-order valence-electron chi connectivity index (χ1n) is 6.34. The summed E-state index contributed by atoms with van der Waals surface area (Å²) in [5.74, 6) is 3.17. The van der Waals surface area contributed by atoms with Crippen LogP contribution in [0.1, 0.15) is 19.7 Å². The van der Waals surface area contributed by atoms with Gasteiger partial charge < -0.3 is 15.0 Å². The van der Waals surface area contributed by atoms with Gasteiger partial charge in [-0.15, -0.1) is 0 Å². The predicted molar refractivity (Wildman–Crippen MR) is 75.2 cm³/mol. The molecule has 0 saturated heterocycles. The molecule has 5 nitrogen and oxygen atoms in total. The lowest BCUT2D eigenvalue weighted by Crippen LogP contribution is -2.32. The molecule has 0 fully saturated rings. The molecule has 0 unspecified atom stereocenters. The van der Waals surface area contributed by atoms with Crippen molar-refractivity contribution in [1.29, 1.82) is 0 Å². The molecule has 1 aromatic heterocycles. The Morgan fingerprint density at radius 3 is 2.67 bits per heavy atom. The van der Waals surface area contributed by atoms with Crippen molar-refractivity contribution in [1.82, 2.24) is 9.97 Å². The Morgan fingerprint density at radius 2 is 2.11 bits per heavy atom. The topological polar surface area (TPSA) is 50.3 Å². The van der Waals surface area contributed by atoms with E-state index in [1.807, 2.05) is 20.0 Å². The van der Waals surface area contributed by atoms with Crippen molar-refractivity contribution in [3.8, 4) is 0 Å². The number of anilines is 2. The predicted octanol–water partition coefficient (Wildman–Crippen LogP) is 1.94. The van der Waals surface area contributed by atoms with Gasteiger partial charge in [-0.3, -0.25) is 0 Å². The van der Waals surface area contributed by atoms with E-state index in [2.05, 4.69) is 34.0 Å². The molecular weight excluding hydrogens is 228 g/mol. The van der Waals surface area contributed by atoms with Crippen LogP contribution in [0.15, 0.2) is 6.07 Å². The minimum Gasteiger partial charge on any atom is -0.383 e. The Labute approximate surface area is 110 Å². The first-order valence-corrected chi connectivity index (χ1v) is 6.34. The molecule has 0 saturated carbocycles. The van der Waals surface area contributed by atoms with Crippen molar-refractivity contribution < 1.29 is 4.74 Å². The number of methoxy groups -OCH3 is 1. The normalized spacial score (nSPS) is 10.8. The lowest BCUT2D eigenvalue weighted by Gasteiger charge is -2.25. The largest absolute Gasteiger partial charge is 0.383 e. The highest BCUT2D eigenvalue weighted by Gasteiger charge is 2.11. The van der Waals surface area contributed by atoms with Gasteiger partial charge in [-0.1, -0.05) is 13.8 Å². The van der Waals surface area contributed by atoms with Gasteiger partial charge in [-0.25, -0.2) is 9.97 Å². The molecule has 102 valence electrons. The van der Waals surface area contributed by atoms with E-state index in [0.717, 1.165) is 30.5 Å². The molecule has 0 atom stereocenters. The highest BCUT2D eigenvalue weighted by Crippen LogP contribution is 2.16. The summed E-state index contributed by atoms with van der Waals surface area (Å²) in [5.41, 5.74) is 0. The van der Waals surface area contributed by atoms with Crippen LogP contribution in [0.3, 0.4) is 0 Å². The van der Waals surface area contributed by atoms with Crippen molar-refractivity contribution in [2.24, 2.45) is 5.92 Å². The lowest BCUT2D eigenvalue weighted by molar-refractivity contribution is 0.204. The van der Waals surface area contributed by atoms with Gasteiger partial charge in [-0.2, -0.15) is 0 Å². The number of ether oxygens (including phenoxy) is 1. The first kappa shape index (κ1) is 14.7. The van der Waals surface area contributed by atoms with Gasteiger partial charge in [0.1, 0.15) is 17.5 Å². The van der Waals surface area contributed by atoms with E-state index < -0.39 is 0 Å². The molecule has 0 spiro atoms. The number of aryl methyl sites for hydroxylation is 1. The Balaban J connectivity index is 2.91. The summed E-state index contributed by atoms with van der Waals surface area (Å²) in [6, 6.07) is 1.98. The Morgan fingerprint density at radius 1 is 1.39 bits per heavy atom. The third kappa shape index (κ3) is 4.49. The molecule has 1 aromatic rings. The summed E-state index contributed by atoms with van der Waals surface area (Å²) in [7, 11) is 3.59. The highest BCUT2D eigenvalue weighted by molar-refractivity contribution is 5.49. The van der Waals surface area contributed by atoms with E-state index in [-0.39, 0.29) is 0 Å². The molecule has 1 heterocycles. The fourth-order valence-electron chi connectivity index (χ4n) is 1.78. The van der Waals surface area contributed by atoms with E-state index in [9.17, 15) is 0 Å². The molecule has 5 heteroatoms. The van der Waals surface area contributed by atoms with Crippen LogP contribution in [0.4, 0.5) is 11.6 Å². The van der Waals surface area contributed by atoms with Crippen LogP contribution >= 0.6 is 0 Å². The van der Waals surface area contributed by atoms with Crippen LogP contribution in [-0.2, 0) is 4.74 Å². The van der Waals surface area contributed by atoms with Gasteiger partial charge in [0, 0.05) is 33.3 Å². The van der Waals surface area contributed by atoms with Crippen molar-refractivity contribution in [3.05, 3.63) is 11.9 Å². The van der Waals surface area contributed by atoms with Gasteiger partial charge in [0.2, 0.25) is 0 Å². The zero-order valence-corrected chi connectivity index (χ0v) is 12.0. The number of nitrogens with zero attached hydrogens (tertiary/aromatic N) is 3. The monoisotopic (exact) mass is 252 g/mol. The Bertz CT molecular complexity index is 368. The molecular formula is C13H24N4O. The summed E-state index contributed by atoms with van der Waals surface area (Å²) in [6.07, 6.45) is 0. The fraction of sp³-hybridized carbons (Fsp3) is 0.692. The van der Waals surface area contributed by atoms with E-state index in [4.69, 9.17) is 4.74 Å². The molecule has 1 N–H and O–H groups in total. The molecule has 0 radical (unpaired) electrons. The average Bonchev–Trinajstić information content (AvgIpc) is 2.33. The van der Waals surface area contributed by atoms with E-state index >= 15 is 0 Å². The third-order valence-electron chi connectivity index (χ3n) is 2.56. The van der Waals surface area contributed by atoms with E-state index in [1.54, 1.807) is 7.11 Å². The maximum Gasteiger partial charge on any atom is 0.134 e. The minimum absolute atomic E-state index is 0.579.